The predicted molar refractivity (Wildman–Crippen MR) is 112 cm³/mol. The van der Waals surface area contributed by atoms with Gasteiger partial charge in [-0.3, -0.25) is 29.3 Å². The third kappa shape index (κ3) is 7.61. The van der Waals surface area contributed by atoms with Gasteiger partial charge in [0.15, 0.2) is 18.0 Å². The molecule has 1 aliphatic heterocycles. The van der Waals surface area contributed by atoms with Gasteiger partial charge in [0, 0.05) is 33.8 Å². The van der Waals surface area contributed by atoms with E-state index in [-0.39, 0.29) is 11.3 Å². The first kappa shape index (κ1) is 27.5. The lowest BCUT2D eigenvalue weighted by Crippen LogP contribution is -2.63. The number of carbonyl (C=O) groups is 4. The summed E-state index contributed by atoms with van der Waals surface area (Å²) < 4.78 is 32.1. The molecule has 0 aromatic heterocycles. The zero-order chi connectivity index (χ0) is 26.3. The molecular formula is C21H25NO13. The van der Waals surface area contributed by atoms with Crippen LogP contribution >= 0.6 is 0 Å². The second kappa shape index (κ2) is 12.1. The van der Waals surface area contributed by atoms with Crippen molar-refractivity contribution in [2.45, 2.75) is 65.0 Å². The Morgan fingerprint density at radius 2 is 1.51 bits per heavy atom. The van der Waals surface area contributed by atoms with Crippen molar-refractivity contribution in [1.82, 2.24) is 0 Å². The molecule has 1 saturated heterocycles. The molecule has 2 rings (SSSR count). The van der Waals surface area contributed by atoms with Crippen molar-refractivity contribution < 1.29 is 57.6 Å². The molecular weight excluding hydrogens is 474 g/mol. The van der Waals surface area contributed by atoms with E-state index in [0.717, 1.165) is 33.8 Å². The fourth-order valence-corrected chi connectivity index (χ4v) is 3.31. The minimum atomic E-state index is -1.63. The second-order valence-electron chi connectivity index (χ2n) is 7.40. The number of hydrogen-bond donors (Lipinski definition) is 1. The maximum atomic E-state index is 11.8. The number of rotatable bonds is 9. The highest BCUT2D eigenvalue weighted by Gasteiger charge is 2.53. The summed E-state index contributed by atoms with van der Waals surface area (Å²) in [7, 11) is 0. The Morgan fingerprint density at radius 1 is 0.943 bits per heavy atom. The second-order valence-corrected chi connectivity index (χ2v) is 7.40. The lowest BCUT2D eigenvalue weighted by molar-refractivity contribution is -0.387. The number of hydrogen-bond acceptors (Lipinski definition) is 13. The van der Waals surface area contributed by atoms with Crippen molar-refractivity contribution in [3.05, 3.63) is 33.9 Å². The van der Waals surface area contributed by atoms with Crippen molar-refractivity contribution in [2.75, 3.05) is 6.61 Å². The number of esters is 4. The monoisotopic (exact) mass is 499 g/mol. The van der Waals surface area contributed by atoms with Crippen molar-refractivity contribution in [3.63, 3.8) is 0 Å². The molecule has 1 aromatic carbocycles. The topological polar surface area (TPSA) is 187 Å². The first-order chi connectivity index (χ1) is 16.4. The Kier molecular flexibility index (Phi) is 9.48. The molecule has 0 bridgehead atoms. The molecule has 0 amide bonds. The van der Waals surface area contributed by atoms with Crippen LogP contribution in [-0.4, -0.2) is 71.2 Å². The molecule has 1 aromatic rings. The molecule has 1 fully saturated rings. The Hall–Kier alpha value is -3.78. The minimum absolute atomic E-state index is 0.227. The highest BCUT2D eigenvalue weighted by Crippen LogP contribution is 2.34. The standard InChI is InChI=1S/C21H25NO13/c1-10(24)30-9-17-18(31-11(2)25)19(32-12(3)26)20(33-13(4)27)21(35-17)34-16-6-5-14(8-23)7-15(16)22(28)29/h5-7,17-21,23H,8-9H2,1-4H3/t17-,18+,19?,20-,21-/m1/s1. The van der Waals surface area contributed by atoms with Gasteiger partial charge in [-0.15, -0.1) is 0 Å². The molecule has 1 unspecified atom stereocenters. The summed E-state index contributed by atoms with van der Waals surface area (Å²) in [6.07, 6.45) is -7.34. The van der Waals surface area contributed by atoms with Crippen LogP contribution in [0.2, 0.25) is 0 Å². The van der Waals surface area contributed by atoms with Crippen molar-refractivity contribution in [2.24, 2.45) is 0 Å². The molecule has 14 heteroatoms. The van der Waals surface area contributed by atoms with E-state index < -0.39 is 78.4 Å². The molecule has 0 spiro atoms. The highest BCUT2D eigenvalue weighted by atomic mass is 16.7. The minimum Gasteiger partial charge on any atom is -0.463 e. The Labute approximate surface area is 199 Å². The van der Waals surface area contributed by atoms with Gasteiger partial charge in [0.25, 0.3) is 0 Å². The van der Waals surface area contributed by atoms with Gasteiger partial charge in [-0.25, -0.2) is 0 Å². The van der Waals surface area contributed by atoms with Crippen molar-refractivity contribution in [3.8, 4) is 5.75 Å². The number of nitro benzene ring substituents is 1. The SMILES string of the molecule is CC(=O)OC[C@H]1O[C@@H](Oc2ccc(CO)cc2[N+](=O)[O-])[C@H](OC(C)=O)C(OC(C)=O)[C@H]1OC(C)=O. The van der Waals surface area contributed by atoms with Gasteiger partial charge in [-0.2, -0.15) is 0 Å². The Balaban J connectivity index is 2.55. The number of benzene rings is 1. The van der Waals surface area contributed by atoms with Crippen molar-refractivity contribution in [1.29, 1.82) is 0 Å². The van der Waals surface area contributed by atoms with E-state index in [1.54, 1.807) is 0 Å². The fraction of sp³-hybridized carbons (Fsp3) is 0.524. The van der Waals surface area contributed by atoms with Gasteiger partial charge in [-0.05, 0) is 11.6 Å². The molecule has 1 heterocycles. The number of nitro groups is 1. The molecule has 5 atom stereocenters. The number of nitrogens with zero attached hydrogens (tertiary/aromatic N) is 1. The van der Waals surface area contributed by atoms with Crippen LogP contribution in [-0.2, 0) is 49.5 Å². The summed E-state index contributed by atoms with van der Waals surface area (Å²) in [5, 5.41) is 20.8. The largest absolute Gasteiger partial charge is 0.463 e. The summed E-state index contributed by atoms with van der Waals surface area (Å²) in [6.45, 7) is 3.34. The first-order valence-corrected chi connectivity index (χ1v) is 10.3. The summed E-state index contributed by atoms with van der Waals surface area (Å²) in [5.41, 5.74) is -0.310. The van der Waals surface area contributed by atoms with E-state index in [1.807, 2.05) is 0 Å². The maximum absolute atomic E-state index is 11.8. The summed E-state index contributed by atoms with van der Waals surface area (Å²) in [6, 6.07) is 3.62. The lowest BCUT2D eigenvalue weighted by Gasteiger charge is -2.43. The van der Waals surface area contributed by atoms with E-state index in [4.69, 9.17) is 28.4 Å². The Morgan fingerprint density at radius 3 is 2.03 bits per heavy atom. The third-order valence-electron chi connectivity index (χ3n) is 4.59. The third-order valence-corrected chi connectivity index (χ3v) is 4.59. The van der Waals surface area contributed by atoms with Crippen molar-refractivity contribution >= 4 is 29.6 Å². The summed E-state index contributed by atoms with van der Waals surface area (Å²) in [5.74, 6) is -3.52. The molecule has 0 aliphatic carbocycles. The van der Waals surface area contributed by atoms with Gasteiger partial charge in [0.05, 0.1) is 11.5 Å². The molecule has 1 aliphatic rings. The van der Waals surface area contributed by atoms with Gasteiger partial charge < -0.3 is 33.5 Å². The fourth-order valence-electron chi connectivity index (χ4n) is 3.31. The number of carbonyl (C=O) groups excluding carboxylic acids is 4. The van der Waals surface area contributed by atoms with Gasteiger partial charge in [0.1, 0.15) is 12.7 Å². The average molecular weight is 499 g/mol. The van der Waals surface area contributed by atoms with Crippen LogP contribution < -0.4 is 4.74 Å². The average Bonchev–Trinajstić information content (AvgIpc) is 2.75. The maximum Gasteiger partial charge on any atom is 0.311 e. The van der Waals surface area contributed by atoms with E-state index in [1.165, 1.54) is 12.1 Å². The number of aliphatic hydroxyl groups is 1. The molecule has 1 N–H and O–H groups in total. The molecule has 0 saturated carbocycles. The predicted octanol–water partition coefficient (Wildman–Crippen LogP) is 0.549. The molecule has 0 radical (unpaired) electrons. The van der Waals surface area contributed by atoms with Crippen LogP contribution in [0.5, 0.6) is 5.75 Å². The van der Waals surface area contributed by atoms with Crippen LogP contribution in [0.1, 0.15) is 33.3 Å². The molecule has 14 nitrogen and oxygen atoms in total. The zero-order valence-corrected chi connectivity index (χ0v) is 19.3. The van der Waals surface area contributed by atoms with Gasteiger partial charge in [-0.1, -0.05) is 6.07 Å². The van der Waals surface area contributed by atoms with Gasteiger partial charge >= 0.3 is 29.6 Å². The number of ether oxygens (including phenoxy) is 6. The quantitative estimate of drug-likeness (QED) is 0.215. The van der Waals surface area contributed by atoms with E-state index in [9.17, 15) is 34.4 Å². The molecule has 35 heavy (non-hydrogen) atoms. The smallest absolute Gasteiger partial charge is 0.311 e. The zero-order valence-electron chi connectivity index (χ0n) is 19.3. The van der Waals surface area contributed by atoms with Crippen LogP contribution in [0, 0.1) is 10.1 Å². The summed E-state index contributed by atoms with van der Waals surface area (Å²) in [4.78, 5) is 57.6. The van der Waals surface area contributed by atoms with Crippen LogP contribution in [0.25, 0.3) is 0 Å². The van der Waals surface area contributed by atoms with E-state index in [2.05, 4.69) is 0 Å². The van der Waals surface area contributed by atoms with Crippen LogP contribution in [0.15, 0.2) is 18.2 Å². The summed E-state index contributed by atoms with van der Waals surface area (Å²) >= 11 is 0. The van der Waals surface area contributed by atoms with Crippen LogP contribution in [0.3, 0.4) is 0 Å². The Bertz CT molecular complexity index is 978. The molecule has 192 valence electrons. The first-order valence-electron chi connectivity index (χ1n) is 10.3. The van der Waals surface area contributed by atoms with E-state index in [0.29, 0.717) is 0 Å². The highest BCUT2D eigenvalue weighted by molar-refractivity contribution is 5.68. The number of aliphatic hydroxyl groups excluding tert-OH is 1. The normalized spacial score (nSPS) is 23.5. The lowest BCUT2D eigenvalue weighted by atomic mass is 9.98. The van der Waals surface area contributed by atoms with E-state index >= 15 is 0 Å². The van der Waals surface area contributed by atoms with Gasteiger partial charge in [0.2, 0.25) is 12.4 Å². The van der Waals surface area contributed by atoms with Crippen LogP contribution in [0.4, 0.5) is 5.69 Å².